The van der Waals surface area contributed by atoms with Crippen molar-refractivity contribution in [2.24, 2.45) is 0 Å². The summed E-state index contributed by atoms with van der Waals surface area (Å²) in [5.41, 5.74) is 0.451. The molecular weight excluding hydrogens is 301 g/mol. The minimum atomic E-state index is -0.509. The van der Waals surface area contributed by atoms with Crippen molar-refractivity contribution in [2.45, 2.75) is 0 Å². The molecule has 104 valence electrons. The maximum absolute atomic E-state index is 12.1. The zero-order valence-corrected chi connectivity index (χ0v) is 12.0. The second-order valence-electron chi connectivity index (χ2n) is 3.94. The minimum Gasteiger partial charge on any atom is -0.507 e. The van der Waals surface area contributed by atoms with Gasteiger partial charge in [0.25, 0.3) is 5.91 Å². The topological polar surface area (TPSA) is 58.6 Å². The number of anilines is 1. The lowest BCUT2D eigenvalue weighted by Crippen LogP contribution is -2.12. The van der Waals surface area contributed by atoms with Gasteiger partial charge in [0.15, 0.2) is 0 Å². The van der Waals surface area contributed by atoms with Gasteiger partial charge in [0.1, 0.15) is 11.5 Å². The van der Waals surface area contributed by atoms with Crippen LogP contribution in [-0.4, -0.2) is 18.1 Å². The average molecular weight is 312 g/mol. The monoisotopic (exact) mass is 311 g/mol. The molecule has 0 aromatic heterocycles. The molecule has 0 spiro atoms. The van der Waals surface area contributed by atoms with Crippen molar-refractivity contribution in [2.75, 3.05) is 12.4 Å². The van der Waals surface area contributed by atoms with Gasteiger partial charge in [-0.25, -0.2) is 0 Å². The van der Waals surface area contributed by atoms with Gasteiger partial charge in [-0.15, -0.1) is 0 Å². The van der Waals surface area contributed by atoms with E-state index < -0.39 is 5.91 Å². The zero-order chi connectivity index (χ0) is 14.7. The molecule has 0 fully saturated rings. The van der Waals surface area contributed by atoms with Crippen LogP contribution in [0.5, 0.6) is 11.5 Å². The van der Waals surface area contributed by atoms with Gasteiger partial charge in [0.05, 0.1) is 28.4 Å². The molecule has 0 aliphatic heterocycles. The first-order chi connectivity index (χ1) is 9.52. The number of hydrogen-bond donors (Lipinski definition) is 2. The van der Waals surface area contributed by atoms with Gasteiger partial charge in [0, 0.05) is 0 Å². The summed E-state index contributed by atoms with van der Waals surface area (Å²) in [5.74, 6) is -0.197. The Hall–Kier alpha value is -1.91. The van der Waals surface area contributed by atoms with Gasteiger partial charge in [-0.3, -0.25) is 4.79 Å². The molecule has 0 heterocycles. The Morgan fingerprint density at radius 3 is 2.70 bits per heavy atom. The van der Waals surface area contributed by atoms with Gasteiger partial charge in [-0.2, -0.15) is 0 Å². The zero-order valence-electron chi connectivity index (χ0n) is 10.5. The van der Waals surface area contributed by atoms with E-state index in [1.54, 1.807) is 24.3 Å². The van der Waals surface area contributed by atoms with Crippen LogP contribution in [0, 0.1) is 0 Å². The fraction of sp³-hybridized carbons (Fsp3) is 0.0714. The van der Waals surface area contributed by atoms with E-state index in [4.69, 9.17) is 27.9 Å². The van der Waals surface area contributed by atoms with Crippen LogP contribution < -0.4 is 10.1 Å². The van der Waals surface area contributed by atoms with Crippen LogP contribution >= 0.6 is 23.2 Å². The lowest BCUT2D eigenvalue weighted by molar-refractivity contribution is 0.102. The van der Waals surface area contributed by atoms with E-state index >= 15 is 0 Å². The Balaban J connectivity index is 2.30. The third kappa shape index (κ3) is 2.98. The van der Waals surface area contributed by atoms with Gasteiger partial charge < -0.3 is 15.2 Å². The highest BCUT2D eigenvalue weighted by Crippen LogP contribution is 2.31. The molecule has 20 heavy (non-hydrogen) atoms. The number of ether oxygens (including phenoxy) is 1. The van der Waals surface area contributed by atoms with Crippen LogP contribution in [0.2, 0.25) is 10.0 Å². The minimum absolute atomic E-state index is 0.0837. The summed E-state index contributed by atoms with van der Waals surface area (Å²) in [6, 6.07) is 9.26. The van der Waals surface area contributed by atoms with Gasteiger partial charge in [0.2, 0.25) is 0 Å². The Labute approximate surface area is 125 Å². The summed E-state index contributed by atoms with van der Waals surface area (Å²) < 4.78 is 5.01. The quantitative estimate of drug-likeness (QED) is 0.902. The van der Waals surface area contributed by atoms with Crippen LogP contribution in [0.3, 0.4) is 0 Å². The number of aromatic hydroxyl groups is 1. The summed E-state index contributed by atoms with van der Waals surface area (Å²) in [4.78, 5) is 12.1. The van der Waals surface area contributed by atoms with Crippen molar-refractivity contribution in [3.05, 3.63) is 52.0 Å². The molecule has 0 bridgehead atoms. The van der Waals surface area contributed by atoms with E-state index in [1.165, 1.54) is 19.2 Å². The SMILES string of the molecule is COc1ccc(O)c(C(=O)Nc2cccc(Cl)c2Cl)c1. The number of benzene rings is 2. The second kappa shape index (κ2) is 6.03. The second-order valence-corrected chi connectivity index (χ2v) is 4.72. The van der Waals surface area contributed by atoms with E-state index in [1.807, 2.05) is 0 Å². The number of methoxy groups -OCH3 is 1. The largest absolute Gasteiger partial charge is 0.507 e. The molecule has 2 aromatic rings. The van der Waals surface area contributed by atoms with Crippen molar-refractivity contribution in [3.8, 4) is 11.5 Å². The number of phenols is 1. The highest BCUT2D eigenvalue weighted by molar-refractivity contribution is 6.44. The maximum Gasteiger partial charge on any atom is 0.259 e. The first kappa shape index (κ1) is 14.5. The maximum atomic E-state index is 12.1. The Bertz CT molecular complexity index is 659. The predicted molar refractivity (Wildman–Crippen MR) is 79.1 cm³/mol. The number of phenolic OH excluding ortho intramolecular Hbond substituents is 1. The van der Waals surface area contributed by atoms with Crippen molar-refractivity contribution in [1.29, 1.82) is 0 Å². The third-order valence-corrected chi connectivity index (χ3v) is 3.47. The highest BCUT2D eigenvalue weighted by Gasteiger charge is 2.14. The molecule has 0 aliphatic rings. The van der Waals surface area contributed by atoms with E-state index in [-0.39, 0.29) is 16.3 Å². The van der Waals surface area contributed by atoms with Crippen LogP contribution in [0.25, 0.3) is 0 Å². The molecule has 2 N–H and O–H groups in total. The number of hydrogen-bond acceptors (Lipinski definition) is 3. The molecule has 0 saturated heterocycles. The molecular formula is C14H11Cl2NO3. The highest BCUT2D eigenvalue weighted by atomic mass is 35.5. The van der Waals surface area contributed by atoms with E-state index in [9.17, 15) is 9.90 Å². The van der Waals surface area contributed by atoms with E-state index in [2.05, 4.69) is 5.32 Å². The summed E-state index contributed by atoms with van der Waals surface area (Å²) in [5, 5.41) is 12.9. The molecule has 2 rings (SSSR count). The lowest BCUT2D eigenvalue weighted by Gasteiger charge is -2.10. The molecule has 6 heteroatoms. The molecule has 1 amide bonds. The summed E-state index contributed by atoms with van der Waals surface area (Å²) in [6.07, 6.45) is 0. The number of carbonyl (C=O) groups is 1. The van der Waals surface area contributed by atoms with Gasteiger partial charge in [-0.05, 0) is 30.3 Å². The first-order valence-corrected chi connectivity index (χ1v) is 6.41. The summed E-state index contributed by atoms with van der Waals surface area (Å²) in [6.45, 7) is 0. The fourth-order valence-corrected chi connectivity index (χ4v) is 1.96. The molecule has 0 saturated carbocycles. The van der Waals surface area contributed by atoms with Crippen molar-refractivity contribution >= 4 is 34.8 Å². The van der Waals surface area contributed by atoms with Crippen LogP contribution in [0.1, 0.15) is 10.4 Å². The van der Waals surface area contributed by atoms with Crippen LogP contribution in [0.15, 0.2) is 36.4 Å². The molecule has 2 aromatic carbocycles. The smallest absolute Gasteiger partial charge is 0.259 e. The fourth-order valence-electron chi connectivity index (χ4n) is 1.61. The Morgan fingerprint density at radius 2 is 2.00 bits per heavy atom. The van der Waals surface area contributed by atoms with Gasteiger partial charge >= 0.3 is 0 Å². The average Bonchev–Trinajstić information content (AvgIpc) is 2.44. The number of carbonyl (C=O) groups excluding carboxylic acids is 1. The molecule has 0 radical (unpaired) electrons. The molecule has 4 nitrogen and oxygen atoms in total. The van der Waals surface area contributed by atoms with Crippen molar-refractivity contribution in [1.82, 2.24) is 0 Å². The number of amides is 1. The number of halogens is 2. The Kier molecular flexibility index (Phi) is 4.37. The Morgan fingerprint density at radius 1 is 1.25 bits per heavy atom. The lowest BCUT2D eigenvalue weighted by atomic mass is 10.1. The number of nitrogens with one attached hydrogen (secondary N) is 1. The van der Waals surface area contributed by atoms with E-state index in [0.717, 1.165) is 0 Å². The predicted octanol–water partition coefficient (Wildman–Crippen LogP) is 3.96. The molecule has 0 aliphatic carbocycles. The van der Waals surface area contributed by atoms with Crippen LogP contribution in [-0.2, 0) is 0 Å². The third-order valence-electron chi connectivity index (χ3n) is 2.65. The van der Waals surface area contributed by atoms with Crippen molar-refractivity contribution < 1.29 is 14.6 Å². The van der Waals surface area contributed by atoms with Crippen molar-refractivity contribution in [3.63, 3.8) is 0 Å². The summed E-state index contributed by atoms with van der Waals surface area (Å²) in [7, 11) is 1.47. The molecule has 0 atom stereocenters. The summed E-state index contributed by atoms with van der Waals surface area (Å²) >= 11 is 11.9. The van der Waals surface area contributed by atoms with E-state index in [0.29, 0.717) is 16.5 Å². The normalized spacial score (nSPS) is 10.2. The van der Waals surface area contributed by atoms with Gasteiger partial charge in [-0.1, -0.05) is 29.3 Å². The standard InChI is InChI=1S/C14H11Cl2NO3/c1-20-8-5-6-12(18)9(7-8)14(19)17-11-4-2-3-10(15)13(11)16/h2-7,18H,1H3,(H,17,19). The molecule has 0 unspecified atom stereocenters. The first-order valence-electron chi connectivity index (χ1n) is 5.65. The number of rotatable bonds is 3. The van der Waals surface area contributed by atoms with Crippen LogP contribution in [0.4, 0.5) is 5.69 Å².